The summed E-state index contributed by atoms with van der Waals surface area (Å²) in [5, 5.41) is 9.30. The van der Waals surface area contributed by atoms with Crippen LogP contribution in [0, 0.1) is 34.9 Å². The van der Waals surface area contributed by atoms with E-state index in [0.29, 0.717) is 101 Å². The van der Waals surface area contributed by atoms with Crippen molar-refractivity contribution in [2.24, 2.45) is 0 Å². The third kappa shape index (κ3) is 17.9. The number of anilines is 8. The molecule has 0 unspecified atom stereocenters. The van der Waals surface area contributed by atoms with Crippen LogP contribution in [0.5, 0.6) is 0 Å². The van der Waals surface area contributed by atoms with Crippen molar-refractivity contribution < 1.29 is 45.4 Å². The third-order valence-corrected chi connectivity index (χ3v) is 22.1. The fourth-order valence-electron chi connectivity index (χ4n) is 15.9. The number of hydrogen-bond acceptors (Lipinski definition) is 23. The van der Waals surface area contributed by atoms with E-state index in [1.54, 1.807) is 58.7 Å². The minimum Gasteiger partial charge on any atom is -0.444 e. The lowest BCUT2D eigenvalue weighted by atomic mass is 10.0. The van der Waals surface area contributed by atoms with Crippen LogP contribution in [0.15, 0.2) is 110 Å². The lowest BCUT2D eigenvalue weighted by Crippen LogP contribution is -2.50. The molecule has 18 rings (SSSR count). The Bertz CT molecular complexity index is 5830. The summed E-state index contributed by atoms with van der Waals surface area (Å²) >= 11 is 5.74. The molecule has 0 spiro atoms. The number of piperazine rings is 3. The van der Waals surface area contributed by atoms with Crippen molar-refractivity contribution in [3.8, 4) is 33.8 Å². The molecule has 6 aliphatic heterocycles. The molecule has 0 bridgehead atoms. The number of rotatable bonds is 10. The molecule has 12 aromatic rings. The Kier molecular flexibility index (Phi) is 22.8. The number of pyridine rings is 3. The van der Waals surface area contributed by atoms with Gasteiger partial charge in [0.05, 0.1) is 70.8 Å². The maximum Gasteiger partial charge on any atom is 0.410 e. The second-order valence-electron chi connectivity index (χ2n) is 34.3. The maximum atomic E-state index is 15.1. The Morgan fingerprint density at radius 2 is 0.767 bits per heavy atom. The number of nitrogens with zero attached hydrogens (tertiary/aromatic N) is 20. The smallest absolute Gasteiger partial charge is 0.410 e. The van der Waals surface area contributed by atoms with Gasteiger partial charge < -0.3 is 69.4 Å². The molecule has 3 fully saturated rings. The van der Waals surface area contributed by atoms with Crippen molar-refractivity contribution in [3.63, 3.8) is 0 Å². The number of amides is 2. The van der Waals surface area contributed by atoms with Crippen molar-refractivity contribution in [3.05, 3.63) is 168 Å². The van der Waals surface area contributed by atoms with Crippen LogP contribution in [0.3, 0.4) is 0 Å². The van der Waals surface area contributed by atoms with Gasteiger partial charge in [0.15, 0.2) is 34.9 Å². The summed E-state index contributed by atoms with van der Waals surface area (Å²) in [5.74, 6) is 0.938. The summed E-state index contributed by atoms with van der Waals surface area (Å²) in [5.41, 5.74) is 10.8. The molecule has 120 heavy (non-hydrogen) atoms. The van der Waals surface area contributed by atoms with Gasteiger partial charge in [0.1, 0.15) is 79.8 Å². The van der Waals surface area contributed by atoms with E-state index < -0.39 is 46.1 Å². The summed E-state index contributed by atoms with van der Waals surface area (Å²) in [7, 11) is 0. The van der Waals surface area contributed by atoms with Gasteiger partial charge in [0.25, 0.3) is 0 Å². The first kappa shape index (κ1) is 83.0. The summed E-state index contributed by atoms with van der Waals surface area (Å²) in [6.07, 6.45) is 13.0. The predicted molar refractivity (Wildman–Crippen MR) is 449 cm³/mol. The molecule has 0 aliphatic carbocycles. The van der Waals surface area contributed by atoms with Crippen molar-refractivity contribution in [1.82, 2.24) is 88.6 Å². The number of benzene rings is 3. The third-order valence-electron chi connectivity index (χ3n) is 21.9. The molecule has 28 nitrogen and oxygen atoms in total. The Morgan fingerprint density at radius 3 is 1.11 bits per heavy atom. The normalized spacial score (nSPS) is 16.5. The standard InChI is InChI=1S/C30H34F2N8O2.C25H26F2N8.C16H13ClF2N4.C14H22N4O2/c1-29(2,3)42-28(41)39-12-10-38(11-13-39)19-6-7-23(33-16-19)35-27-34-17-21(32)25(37-27)18-14-20(31)26-22(15-18)40-24(36-26)8-9-30(40,4)5;1-25(2)6-5-21-32-23-17(26)11-15(12-19(23)35(21)25)22-18(27)14-30-24(33-22)31-20-4-3-16(13-29-20)34-9-7-28-8-10-34;1-16(2)4-3-12-21-14-9(18)5-8(6-11(14)23(12)16)13-10(19)7-20-15(17)22-13;1-14(2,3)20-13(19)18-8-6-17(7-9-18)11-4-5-12(15)16-10-11/h6-7,14-17H,8-13H2,1-5H3,(H,33,34,35,37);3-4,11-14,28H,5-10H2,1-2H3,(H,29,30,31,33);5-7H,3-4H2,1-2H3;4-5,10H,6-9H2,1-3H3,(H2,15,16). The fraction of sp³-hybridized carbons (Fsp3) is 0.412. The molecule has 2 amide bonds. The molecular formula is C85H95ClF6N24O4. The first-order valence-corrected chi connectivity index (χ1v) is 40.3. The number of imidazole rings is 3. The lowest BCUT2D eigenvalue weighted by molar-refractivity contribution is 0.0230. The highest BCUT2D eigenvalue weighted by Crippen LogP contribution is 2.42. The van der Waals surface area contributed by atoms with Gasteiger partial charge in [-0.25, -0.2) is 95.7 Å². The number of aryl methyl sites for hydroxylation is 3. The molecule has 35 heteroatoms. The average Bonchev–Trinajstić information content (AvgIpc) is 1.62. The number of nitrogens with two attached hydrogens (primary N) is 1. The summed E-state index contributed by atoms with van der Waals surface area (Å²) < 4.78 is 105. The van der Waals surface area contributed by atoms with Gasteiger partial charge in [-0.05, 0) is 187 Å². The Hall–Kier alpha value is -12.1. The van der Waals surface area contributed by atoms with Crippen LogP contribution in [0.1, 0.15) is 120 Å². The minimum absolute atomic E-state index is 0.0147. The Balaban J connectivity index is 0.000000130. The number of aromatic nitrogens is 15. The molecular weight excluding hydrogens is 1570 g/mol. The quantitative estimate of drug-likeness (QED) is 0.0730. The number of nitrogens with one attached hydrogen (secondary N) is 3. The zero-order valence-electron chi connectivity index (χ0n) is 68.9. The molecule has 15 heterocycles. The van der Waals surface area contributed by atoms with E-state index >= 15 is 8.78 Å². The molecule has 628 valence electrons. The fourth-order valence-corrected chi connectivity index (χ4v) is 16.0. The average molecular weight is 1670 g/mol. The zero-order chi connectivity index (χ0) is 85.1. The lowest BCUT2D eigenvalue weighted by Gasteiger charge is -2.36. The minimum atomic E-state index is -0.659. The highest BCUT2D eigenvalue weighted by Gasteiger charge is 2.38. The number of nitrogen functional groups attached to an aromatic ring is 1. The second-order valence-corrected chi connectivity index (χ2v) is 34.6. The summed E-state index contributed by atoms with van der Waals surface area (Å²) in [4.78, 5) is 85.1. The Morgan fingerprint density at radius 1 is 0.425 bits per heavy atom. The van der Waals surface area contributed by atoms with Gasteiger partial charge >= 0.3 is 12.2 Å². The monoisotopic (exact) mass is 1660 g/mol. The number of hydrogen-bond donors (Lipinski definition) is 4. The van der Waals surface area contributed by atoms with E-state index in [1.807, 2.05) is 74.9 Å². The van der Waals surface area contributed by atoms with E-state index in [4.69, 9.17) is 26.8 Å². The van der Waals surface area contributed by atoms with Crippen LogP contribution < -0.4 is 36.4 Å². The SMILES string of the molecule is CC(C)(C)OC(=O)N1CCN(c2ccc(N)nc2)CC1.CC(C)(C)OC(=O)N1CCN(c2ccc(Nc3ncc(F)c(-c4cc(F)c5nc6n(c5c4)C(C)(C)CC6)n3)nc2)CC1.CC1(C)CCc2nc3c(F)cc(-c4nc(Cl)ncc4F)cc3n21.CC1(C)CCc2nc3c(F)cc(-c4nc(Nc5ccc(N6CCNCC6)cn5)ncc4F)cc3n21. The van der Waals surface area contributed by atoms with Crippen LogP contribution in [-0.2, 0) is 45.4 Å². The number of carbonyl (C=O) groups is 2. The van der Waals surface area contributed by atoms with Crippen molar-refractivity contribution >= 4 is 103 Å². The molecule has 0 saturated carbocycles. The first-order valence-electron chi connectivity index (χ1n) is 40.0. The van der Waals surface area contributed by atoms with Crippen LogP contribution in [-0.4, -0.2) is 185 Å². The van der Waals surface area contributed by atoms with E-state index in [-0.39, 0.29) is 68.6 Å². The topological polar surface area (TPSA) is 300 Å². The van der Waals surface area contributed by atoms with Gasteiger partial charge in [-0.1, -0.05) is 0 Å². The molecule has 0 radical (unpaired) electrons. The van der Waals surface area contributed by atoms with Crippen LogP contribution in [0.25, 0.3) is 66.9 Å². The van der Waals surface area contributed by atoms with Crippen LogP contribution in [0.2, 0.25) is 5.28 Å². The largest absolute Gasteiger partial charge is 0.444 e. The number of halogens is 7. The molecule has 6 aliphatic rings. The summed E-state index contributed by atoms with van der Waals surface area (Å²) in [6, 6.07) is 20.3. The number of ether oxygens (including phenoxy) is 2. The van der Waals surface area contributed by atoms with Crippen molar-refractivity contribution in [2.75, 3.05) is 110 Å². The van der Waals surface area contributed by atoms with Crippen LogP contribution >= 0.6 is 11.6 Å². The number of fused-ring (bicyclic) bond motifs is 9. The highest BCUT2D eigenvalue weighted by molar-refractivity contribution is 6.28. The van der Waals surface area contributed by atoms with Gasteiger partial charge in [-0.2, -0.15) is 0 Å². The number of carbonyl (C=O) groups excluding carboxylic acids is 2. The van der Waals surface area contributed by atoms with Gasteiger partial charge in [0.2, 0.25) is 17.2 Å². The summed E-state index contributed by atoms with van der Waals surface area (Å²) in [6.45, 7) is 32.7. The van der Waals surface area contributed by atoms with E-state index in [1.165, 1.54) is 18.2 Å². The van der Waals surface area contributed by atoms with Crippen molar-refractivity contribution in [1.29, 1.82) is 0 Å². The zero-order valence-corrected chi connectivity index (χ0v) is 69.7. The molecule has 0 atom stereocenters. The Labute approximate surface area is 694 Å². The second kappa shape index (κ2) is 32.9. The predicted octanol–water partition coefficient (Wildman–Crippen LogP) is 15.5. The first-order chi connectivity index (χ1) is 57.0. The van der Waals surface area contributed by atoms with Gasteiger partial charge in [-0.3, -0.25) is 0 Å². The highest BCUT2D eigenvalue weighted by atomic mass is 35.5. The van der Waals surface area contributed by atoms with E-state index in [0.717, 1.165) is 131 Å². The molecule has 3 aromatic carbocycles. The molecule has 9 aromatic heterocycles. The van der Waals surface area contributed by atoms with E-state index in [9.17, 15) is 27.2 Å². The van der Waals surface area contributed by atoms with Gasteiger partial charge in [0, 0.05) is 131 Å². The van der Waals surface area contributed by atoms with Crippen molar-refractivity contribution in [2.45, 2.75) is 149 Å². The molecule has 3 saturated heterocycles. The maximum absolute atomic E-state index is 15.1. The van der Waals surface area contributed by atoms with E-state index in [2.05, 4.69) is 137 Å². The van der Waals surface area contributed by atoms with Gasteiger partial charge in [-0.15, -0.1) is 0 Å². The van der Waals surface area contributed by atoms with Crippen LogP contribution in [0.4, 0.5) is 82.3 Å². The molecule has 5 N–H and O–H groups in total.